The van der Waals surface area contributed by atoms with E-state index >= 15 is 0 Å². The van der Waals surface area contributed by atoms with E-state index in [1.54, 1.807) is 32.9 Å². The van der Waals surface area contributed by atoms with E-state index in [9.17, 15) is 19.5 Å². The summed E-state index contributed by atoms with van der Waals surface area (Å²) in [4.78, 5) is 36.4. The summed E-state index contributed by atoms with van der Waals surface area (Å²) in [6.45, 7) is 9.23. The molecule has 25 heavy (non-hydrogen) atoms. The number of carboxylic acids is 1. The molecule has 1 heterocycles. The molecule has 0 saturated heterocycles. The zero-order valence-electron chi connectivity index (χ0n) is 15.0. The largest absolute Gasteiger partial charge is 0.477 e. The molecule has 0 aliphatic rings. The molecule has 6 heteroatoms. The number of hydrogen-bond donors (Lipinski definition) is 1. The van der Waals surface area contributed by atoms with Crippen molar-refractivity contribution in [2.75, 3.05) is 0 Å². The Morgan fingerprint density at radius 3 is 2.12 bits per heavy atom. The van der Waals surface area contributed by atoms with Gasteiger partial charge in [-0.25, -0.2) is 4.79 Å². The zero-order chi connectivity index (χ0) is 18.9. The van der Waals surface area contributed by atoms with Crippen LogP contribution >= 0.6 is 0 Å². The highest BCUT2D eigenvalue weighted by molar-refractivity contribution is 5.99. The molecule has 0 spiro atoms. The maximum Gasteiger partial charge on any atom is 0.341 e. The number of benzene rings is 1. The Morgan fingerprint density at radius 2 is 1.68 bits per heavy atom. The summed E-state index contributed by atoms with van der Waals surface area (Å²) in [7, 11) is 0. The van der Waals surface area contributed by atoms with E-state index in [2.05, 4.69) is 5.10 Å². The molecule has 0 saturated carbocycles. The molecule has 132 valence electrons. The lowest BCUT2D eigenvalue weighted by Crippen LogP contribution is -2.31. The van der Waals surface area contributed by atoms with Crippen molar-refractivity contribution in [3.63, 3.8) is 0 Å². The van der Waals surface area contributed by atoms with Crippen LogP contribution in [-0.4, -0.2) is 26.6 Å². The number of nitrogens with zero attached hydrogens (tertiary/aromatic N) is 2. The number of aromatic nitrogens is 2. The van der Waals surface area contributed by atoms with E-state index in [0.29, 0.717) is 11.6 Å². The van der Waals surface area contributed by atoms with Gasteiger partial charge >= 0.3 is 5.97 Å². The molecule has 1 aromatic heterocycles. The van der Waals surface area contributed by atoms with E-state index in [0.717, 1.165) is 16.3 Å². The average molecular weight is 342 g/mol. The van der Waals surface area contributed by atoms with Gasteiger partial charge < -0.3 is 5.11 Å². The van der Waals surface area contributed by atoms with Crippen LogP contribution < -0.4 is 5.56 Å². The highest BCUT2D eigenvalue weighted by atomic mass is 16.4. The van der Waals surface area contributed by atoms with Crippen molar-refractivity contribution in [2.24, 2.45) is 5.41 Å². The number of carbonyl (C=O) groups excluding carboxylic acids is 1. The van der Waals surface area contributed by atoms with Gasteiger partial charge in [-0.2, -0.15) is 9.78 Å². The number of Topliss-reactive ketones (excluding diaryl/α,β-unsaturated/α-hetero) is 1. The maximum atomic E-state index is 12.5. The Hall–Kier alpha value is -2.76. The van der Waals surface area contributed by atoms with Crippen molar-refractivity contribution < 1.29 is 14.7 Å². The fraction of sp³-hybridized carbons (Fsp3) is 0.368. The SMILES string of the molecule is CC(C)c1ccc(-n2nc(C(=O)C(C)(C)C)cc(C(=O)O)c2=O)cc1. The molecule has 1 aromatic carbocycles. The van der Waals surface area contributed by atoms with Crippen LogP contribution in [0.2, 0.25) is 0 Å². The summed E-state index contributed by atoms with van der Waals surface area (Å²) in [5.74, 6) is -1.40. The second kappa shape index (κ2) is 6.63. The molecule has 0 aliphatic heterocycles. The second-order valence-electron chi connectivity index (χ2n) is 7.29. The summed E-state index contributed by atoms with van der Waals surface area (Å²) in [6.07, 6.45) is 0. The van der Waals surface area contributed by atoms with Gasteiger partial charge in [-0.15, -0.1) is 0 Å². The van der Waals surface area contributed by atoms with Crippen molar-refractivity contribution in [1.29, 1.82) is 0 Å². The number of rotatable bonds is 4. The molecule has 0 atom stereocenters. The van der Waals surface area contributed by atoms with Crippen molar-refractivity contribution in [2.45, 2.75) is 40.5 Å². The minimum absolute atomic E-state index is 0.0440. The zero-order valence-corrected chi connectivity index (χ0v) is 15.0. The van der Waals surface area contributed by atoms with E-state index in [1.807, 2.05) is 26.0 Å². The first-order valence-corrected chi connectivity index (χ1v) is 8.05. The van der Waals surface area contributed by atoms with E-state index < -0.39 is 22.5 Å². The van der Waals surface area contributed by atoms with Crippen LogP contribution in [0.3, 0.4) is 0 Å². The molecule has 1 N–H and O–H groups in total. The maximum absolute atomic E-state index is 12.5. The first-order valence-electron chi connectivity index (χ1n) is 8.05. The quantitative estimate of drug-likeness (QED) is 0.861. The second-order valence-corrected chi connectivity index (χ2v) is 7.29. The fourth-order valence-corrected chi connectivity index (χ4v) is 2.32. The predicted octanol–water partition coefficient (Wildman–Crippen LogP) is 3.28. The summed E-state index contributed by atoms with van der Waals surface area (Å²) in [5.41, 5.74) is -0.534. The molecule has 2 rings (SSSR count). The predicted molar refractivity (Wildman–Crippen MR) is 94.7 cm³/mol. The highest BCUT2D eigenvalue weighted by Gasteiger charge is 2.27. The fourth-order valence-electron chi connectivity index (χ4n) is 2.32. The van der Waals surface area contributed by atoms with Crippen LogP contribution in [0.15, 0.2) is 35.1 Å². The smallest absolute Gasteiger partial charge is 0.341 e. The van der Waals surface area contributed by atoms with Crippen molar-refractivity contribution >= 4 is 11.8 Å². The molecule has 0 radical (unpaired) electrons. The Balaban J connectivity index is 2.68. The summed E-state index contributed by atoms with van der Waals surface area (Å²) < 4.78 is 0.979. The molecule has 0 unspecified atom stereocenters. The summed E-state index contributed by atoms with van der Waals surface area (Å²) >= 11 is 0. The lowest BCUT2D eigenvalue weighted by molar-refractivity contribution is 0.0694. The Labute approximate surface area is 146 Å². The van der Waals surface area contributed by atoms with Gasteiger partial charge in [-0.1, -0.05) is 46.8 Å². The van der Waals surface area contributed by atoms with E-state index in [4.69, 9.17) is 0 Å². The van der Waals surface area contributed by atoms with Gasteiger partial charge in [-0.3, -0.25) is 9.59 Å². The Kier molecular flexibility index (Phi) is 4.92. The molecule has 0 aliphatic carbocycles. The third kappa shape index (κ3) is 3.84. The third-order valence-corrected chi connectivity index (χ3v) is 3.86. The molecular weight excluding hydrogens is 320 g/mol. The first kappa shape index (κ1) is 18.6. The minimum Gasteiger partial charge on any atom is -0.477 e. The number of hydrogen-bond acceptors (Lipinski definition) is 4. The number of carboxylic acid groups (broad SMARTS) is 1. The van der Waals surface area contributed by atoms with Crippen molar-refractivity contribution in [3.8, 4) is 5.69 Å². The van der Waals surface area contributed by atoms with Gasteiger partial charge in [0.25, 0.3) is 5.56 Å². The lowest BCUT2D eigenvalue weighted by Gasteiger charge is -2.17. The van der Waals surface area contributed by atoms with Crippen molar-refractivity contribution in [3.05, 3.63) is 57.5 Å². The highest BCUT2D eigenvalue weighted by Crippen LogP contribution is 2.20. The van der Waals surface area contributed by atoms with Crippen LogP contribution in [0.25, 0.3) is 5.69 Å². The van der Waals surface area contributed by atoms with E-state index in [1.165, 1.54) is 0 Å². The van der Waals surface area contributed by atoms with Crippen LogP contribution in [0.4, 0.5) is 0 Å². The van der Waals surface area contributed by atoms with Crippen LogP contribution in [0.5, 0.6) is 0 Å². The Bertz CT molecular complexity index is 872. The number of ketones is 1. The van der Waals surface area contributed by atoms with Gasteiger partial charge in [0.05, 0.1) is 5.69 Å². The van der Waals surface area contributed by atoms with Gasteiger partial charge in [0.15, 0.2) is 5.78 Å². The molecule has 0 amide bonds. The molecule has 2 aromatic rings. The van der Waals surface area contributed by atoms with Gasteiger partial charge in [-0.05, 0) is 29.7 Å². The van der Waals surface area contributed by atoms with Gasteiger partial charge in [0.2, 0.25) is 0 Å². The standard InChI is InChI=1S/C19H22N2O4/c1-11(2)12-6-8-13(9-7-12)21-17(23)14(18(24)25)10-15(20-21)16(22)19(3,4)5/h6-11H,1-5H3,(H,24,25). The van der Waals surface area contributed by atoms with E-state index in [-0.39, 0.29) is 11.5 Å². The molecule has 6 nitrogen and oxygen atoms in total. The normalized spacial score (nSPS) is 11.6. The first-order chi connectivity index (χ1) is 11.5. The van der Waals surface area contributed by atoms with Crippen LogP contribution in [0, 0.1) is 5.41 Å². The van der Waals surface area contributed by atoms with Crippen LogP contribution in [0.1, 0.15) is 66.9 Å². The molecule has 0 fully saturated rings. The number of carbonyl (C=O) groups is 2. The monoisotopic (exact) mass is 342 g/mol. The molecule has 0 bridgehead atoms. The number of aromatic carboxylic acids is 1. The lowest BCUT2D eigenvalue weighted by atomic mass is 9.88. The third-order valence-electron chi connectivity index (χ3n) is 3.86. The van der Waals surface area contributed by atoms with Gasteiger partial charge in [0.1, 0.15) is 11.3 Å². The summed E-state index contributed by atoms with van der Waals surface area (Å²) in [5, 5.41) is 13.4. The van der Waals surface area contributed by atoms with Crippen LogP contribution in [-0.2, 0) is 0 Å². The van der Waals surface area contributed by atoms with Gasteiger partial charge in [0, 0.05) is 5.41 Å². The minimum atomic E-state index is -1.39. The Morgan fingerprint density at radius 1 is 1.12 bits per heavy atom. The molecular formula is C19H22N2O4. The van der Waals surface area contributed by atoms with Crippen molar-refractivity contribution in [1.82, 2.24) is 9.78 Å². The summed E-state index contributed by atoms with van der Waals surface area (Å²) in [6, 6.07) is 8.15. The average Bonchev–Trinajstić information content (AvgIpc) is 2.53. The topological polar surface area (TPSA) is 89.3 Å².